The summed E-state index contributed by atoms with van der Waals surface area (Å²) < 4.78 is 5.37. The third-order valence-electron chi connectivity index (χ3n) is 7.19. The highest BCUT2D eigenvalue weighted by atomic mass is 32.1. The van der Waals surface area contributed by atoms with Gasteiger partial charge in [-0.05, 0) is 41.5 Å². The molecule has 47 heavy (non-hydrogen) atoms. The maximum Gasteiger partial charge on any atom is 0.408 e. The summed E-state index contributed by atoms with van der Waals surface area (Å²) in [6, 6.07) is 25.8. The van der Waals surface area contributed by atoms with Crippen LogP contribution in [0.2, 0.25) is 0 Å². The fourth-order valence-electron chi connectivity index (χ4n) is 4.88. The first-order chi connectivity index (χ1) is 22.8. The number of amides is 3. The molecule has 0 saturated carbocycles. The van der Waals surface area contributed by atoms with Gasteiger partial charge in [0.1, 0.15) is 18.7 Å². The molecule has 3 amide bonds. The van der Waals surface area contributed by atoms with E-state index in [2.05, 4.69) is 20.9 Å². The molecule has 0 aliphatic rings. The number of alkyl carbamates (subject to hydrolysis) is 1. The summed E-state index contributed by atoms with van der Waals surface area (Å²) in [4.78, 5) is 57.1. The van der Waals surface area contributed by atoms with Gasteiger partial charge in [0.25, 0.3) is 0 Å². The highest BCUT2D eigenvalue weighted by molar-refractivity contribution is 7.11. The lowest BCUT2D eigenvalue weighted by Crippen LogP contribution is -2.56. The van der Waals surface area contributed by atoms with Crippen molar-refractivity contribution in [2.45, 2.75) is 57.8 Å². The minimum atomic E-state index is -0.969. The predicted molar refractivity (Wildman–Crippen MR) is 183 cm³/mol. The quantitative estimate of drug-likeness (QED) is 0.106. The maximum absolute atomic E-state index is 13.9. The molecule has 3 atom stereocenters. The predicted octanol–water partition coefficient (Wildman–Crippen LogP) is 5.68. The van der Waals surface area contributed by atoms with E-state index in [0.29, 0.717) is 17.8 Å². The molecule has 0 bridgehead atoms. The number of benzene rings is 3. The fourth-order valence-corrected chi connectivity index (χ4v) is 5.44. The summed E-state index contributed by atoms with van der Waals surface area (Å²) >= 11 is 1.24. The minimum Gasteiger partial charge on any atom is -0.445 e. The molecule has 0 unspecified atom stereocenters. The van der Waals surface area contributed by atoms with Crippen LogP contribution in [0.25, 0.3) is 0 Å². The Morgan fingerprint density at radius 2 is 1.32 bits per heavy atom. The van der Waals surface area contributed by atoms with Gasteiger partial charge in [0.2, 0.25) is 17.6 Å². The lowest BCUT2D eigenvalue weighted by Gasteiger charge is -2.25. The molecule has 9 nitrogen and oxygen atoms in total. The molecule has 3 aromatic carbocycles. The molecule has 244 valence electrons. The molecule has 1 aromatic heterocycles. The molecule has 3 N–H and O–H groups in total. The van der Waals surface area contributed by atoms with Crippen LogP contribution in [-0.4, -0.2) is 46.8 Å². The Bertz CT molecular complexity index is 1600. The van der Waals surface area contributed by atoms with Gasteiger partial charge in [0.05, 0.1) is 6.04 Å². The monoisotopic (exact) mass is 652 g/mol. The van der Waals surface area contributed by atoms with E-state index >= 15 is 0 Å². The SMILES string of the molecule is CC(C)C[C@H](NC(=O)OCc1ccccc1)C(=O)N[C@@H](Cc1ccccc1)C(=O)N[C@H](C=CC(=O)c1nccs1)Cc1ccccc1. The number of aromatic nitrogens is 1. The van der Waals surface area contributed by atoms with Gasteiger partial charge < -0.3 is 20.7 Å². The van der Waals surface area contributed by atoms with Crippen LogP contribution >= 0.6 is 11.3 Å². The molecule has 0 fully saturated rings. The molecule has 4 aromatic rings. The number of hydrogen-bond acceptors (Lipinski definition) is 7. The second kappa shape index (κ2) is 18.2. The van der Waals surface area contributed by atoms with E-state index in [9.17, 15) is 19.2 Å². The van der Waals surface area contributed by atoms with E-state index in [1.54, 1.807) is 17.7 Å². The van der Waals surface area contributed by atoms with Gasteiger partial charge in [-0.25, -0.2) is 9.78 Å². The zero-order valence-corrected chi connectivity index (χ0v) is 27.3. The normalized spacial score (nSPS) is 13.0. The number of allylic oxidation sites excluding steroid dienone is 1. The molecular formula is C37H40N4O5S. The first-order valence-corrected chi connectivity index (χ1v) is 16.4. The third-order valence-corrected chi connectivity index (χ3v) is 7.98. The highest BCUT2D eigenvalue weighted by Gasteiger charge is 2.29. The highest BCUT2D eigenvalue weighted by Crippen LogP contribution is 2.12. The van der Waals surface area contributed by atoms with Crippen LogP contribution in [0.5, 0.6) is 0 Å². The molecule has 10 heteroatoms. The zero-order chi connectivity index (χ0) is 33.4. The molecule has 1 heterocycles. The Balaban J connectivity index is 1.51. The van der Waals surface area contributed by atoms with Crippen molar-refractivity contribution >= 4 is 35.0 Å². The van der Waals surface area contributed by atoms with Crippen molar-refractivity contribution in [3.05, 3.63) is 136 Å². The average molecular weight is 653 g/mol. The number of ketones is 1. The van der Waals surface area contributed by atoms with E-state index in [4.69, 9.17) is 4.74 Å². The summed E-state index contributed by atoms with van der Waals surface area (Å²) in [5.41, 5.74) is 2.63. The van der Waals surface area contributed by atoms with Crippen molar-refractivity contribution in [1.29, 1.82) is 0 Å². The Morgan fingerprint density at radius 1 is 0.745 bits per heavy atom. The average Bonchev–Trinajstić information content (AvgIpc) is 3.62. The zero-order valence-electron chi connectivity index (χ0n) is 26.5. The number of rotatable bonds is 16. The molecule has 0 spiro atoms. The molecule has 0 saturated heterocycles. The van der Waals surface area contributed by atoms with Crippen LogP contribution in [0.3, 0.4) is 0 Å². The van der Waals surface area contributed by atoms with Crippen LogP contribution < -0.4 is 16.0 Å². The Morgan fingerprint density at radius 3 is 1.89 bits per heavy atom. The first kappa shape index (κ1) is 34.8. The van der Waals surface area contributed by atoms with E-state index in [-0.39, 0.29) is 24.7 Å². The summed E-state index contributed by atoms with van der Waals surface area (Å²) in [5.74, 6) is -1.12. The van der Waals surface area contributed by atoms with Crippen LogP contribution in [0, 0.1) is 5.92 Å². The van der Waals surface area contributed by atoms with Gasteiger partial charge in [0.15, 0.2) is 5.01 Å². The summed E-state index contributed by atoms with van der Waals surface area (Å²) in [7, 11) is 0. The van der Waals surface area contributed by atoms with Gasteiger partial charge in [-0.15, -0.1) is 11.3 Å². The van der Waals surface area contributed by atoms with Gasteiger partial charge in [-0.2, -0.15) is 0 Å². The van der Waals surface area contributed by atoms with Gasteiger partial charge in [-0.1, -0.05) is 111 Å². The van der Waals surface area contributed by atoms with Crippen LogP contribution in [0.1, 0.15) is 46.8 Å². The molecule has 0 radical (unpaired) electrons. The standard InChI is InChI=1S/C37H40N4O5S/c1-26(2)22-31(41-37(45)46-25-29-16-10-5-11-17-29)35(44)40-32(24-28-14-8-4-9-15-28)34(43)39-30(23-27-12-6-3-7-13-27)18-19-33(42)36-38-20-21-47-36/h3-21,26,30-32H,22-25H2,1-2H3,(H,39,43)(H,40,44)(H,41,45)/t30-,31+,32+/m1/s1. The number of nitrogens with zero attached hydrogens (tertiary/aromatic N) is 1. The van der Waals surface area contributed by atoms with E-state index in [1.807, 2.05) is 105 Å². The first-order valence-electron chi connectivity index (χ1n) is 15.5. The fraction of sp³-hybridized carbons (Fsp3) is 0.270. The van der Waals surface area contributed by atoms with Crippen LogP contribution in [-0.2, 0) is 33.8 Å². The number of ether oxygens (including phenoxy) is 1. The van der Waals surface area contributed by atoms with E-state index in [1.165, 1.54) is 17.4 Å². The lowest BCUT2D eigenvalue weighted by molar-refractivity contribution is -0.130. The lowest BCUT2D eigenvalue weighted by atomic mass is 10.0. The molecule has 4 rings (SSSR count). The topological polar surface area (TPSA) is 126 Å². The van der Waals surface area contributed by atoms with Crippen molar-refractivity contribution in [3.8, 4) is 0 Å². The Hall–Kier alpha value is -5.09. The number of nitrogens with one attached hydrogen (secondary N) is 3. The third kappa shape index (κ3) is 12.0. The van der Waals surface area contributed by atoms with Crippen LogP contribution in [0.4, 0.5) is 4.79 Å². The summed E-state index contributed by atoms with van der Waals surface area (Å²) in [6.07, 6.45) is 4.89. The van der Waals surface area contributed by atoms with E-state index in [0.717, 1.165) is 16.7 Å². The van der Waals surface area contributed by atoms with Gasteiger partial charge in [0, 0.05) is 18.0 Å². The van der Waals surface area contributed by atoms with E-state index < -0.39 is 36.0 Å². The van der Waals surface area contributed by atoms with Crippen LogP contribution in [0.15, 0.2) is 115 Å². The second-order valence-electron chi connectivity index (χ2n) is 11.5. The number of hydrogen-bond donors (Lipinski definition) is 3. The Labute approximate surface area is 279 Å². The summed E-state index contributed by atoms with van der Waals surface area (Å²) in [6.45, 7) is 3.95. The molecule has 0 aliphatic carbocycles. The van der Waals surface area contributed by atoms with Crippen molar-refractivity contribution in [3.63, 3.8) is 0 Å². The smallest absolute Gasteiger partial charge is 0.408 e. The van der Waals surface area contributed by atoms with Gasteiger partial charge in [-0.3, -0.25) is 14.4 Å². The minimum absolute atomic E-state index is 0.0586. The Kier molecular flexibility index (Phi) is 13.4. The number of carbonyl (C=O) groups is 4. The van der Waals surface area contributed by atoms with Crippen molar-refractivity contribution in [1.82, 2.24) is 20.9 Å². The maximum atomic E-state index is 13.9. The molecular weight excluding hydrogens is 612 g/mol. The van der Waals surface area contributed by atoms with Crippen molar-refractivity contribution < 1.29 is 23.9 Å². The molecule has 0 aliphatic heterocycles. The summed E-state index contributed by atoms with van der Waals surface area (Å²) in [5, 5.41) is 10.7. The largest absolute Gasteiger partial charge is 0.445 e. The second-order valence-corrected chi connectivity index (χ2v) is 12.4. The number of thiazole rings is 1. The van der Waals surface area contributed by atoms with Gasteiger partial charge >= 0.3 is 6.09 Å². The van der Waals surface area contributed by atoms with Crippen molar-refractivity contribution in [2.24, 2.45) is 5.92 Å². The number of carbonyl (C=O) groups excluding carboxylic acids is 4. The van der Waals surface area contributed by atoms with Crippen molar-refractivity contribution in [2.75, 3.05) is 0 Å².